The minimum atomic E-state index is -1.35. The fraction of sp³-hybridized carbons (Fsp3) is 0.500. The lowest BCUT2D eigenvalue weighted by molar-refractivity contribution is -0.164. The van der Waals surface area contributed by atoms with Crippen molar-refractivity contribution in [1.29, 1.82) is 0 Å². The van der Waals surface area contributed by atoms with Crippen molar-refractivity contribution in [2.24, 2.45) is 11.8 Å². The van der Waals surface area contributed by atoms with E-state index < -0.39 is 47.7 Å². The van der Waals surface area contributed by atoms with E-state index in [9.17, 15) is 19.5 Å². The van der Waals surface area contributed by atoms with Crippen LogP contribution in [0.2, 0.25) is 0 Å². The van der Waals surface area contributed by atoms with Crippen molar-refractivity contribution in [2.75, 3.05) is 31.6 Å². The first-order valence-electron chi connectivity index (χ1n) is 17.9. The molecule has 2 aromatic carbocycles. The molecule has 10 nitrogen and oxygen atoms in total. The Labute approximate surface area is 294 Å². The van der Waals surface area contributed by atoms with Crippen LogP contribution in [0.5, 0.6) is 0 Å². The number of fused-ring (bicyclic) bond motifs is 2. The predicted molar refractivity (Wildman–Crippen MR) is 189 cm³/mol. The van der Waals surface area contributed by atoms with Crippen LogP contribution in [0, 0.1) is 25.7 Å². The summed E-state index contributed by atoms with van der Waals surface area (Å²) in [4.78, 5) is 62.5. The van der Waals surface area contributed by atoms with Crippen LogP contribution >= 0.6 is 0 Å². The predicted octanol–water partition coefficient (Wildman–Crippen LogP) is 4.82. The summed E-state index contributed by atoms with van der Waals surface area (Å²) in [7, 11) is 1.72. The van der Waals surface area contributed by atoms with Crippen molar-refractivity contribution in [3.8, 4) is 0 Å². The van der Waals surface area contributed by atoms with E-state index in [0.717, 1.165) is 35.2 Å². The number of esters is 1. The normalized spacial score (nSPS) is 30.6. The van der Waals surface area contributed by atoms with Crippen LogP contribution in [0.3, 0.4) is 0 Å². The first-order valence-corrected chi connectivity index (χ1v) is 17.9. The van der Waals surface area contributed by atoms with E-state index in [0.29, 0.717) is 25.8 Å². The Morgan fingerprint density at radius 1 is 0.940 bits per heavy atom. The van der Waals surface area contributed by atoms with Gasteiger partial charge in [0.05, 0.1) is 18.1 Å². The van der Waals surface area contributed by atoms with Crippen molar-refractivity contribution in [3.05, 3.63) is 89.5 Å². The quantitative estimate of drug-likeness (QED) is 0.241. The molecule has 5 bridgehead atoms. The third-order valence-electron chi connectivity index (χ3n) is 10.9. The summed E-state index contributed by atoms with van der Waals surface area (Å²) >= 11 is 0. The fourth-order valence-corrected chi connectivity index (χ4v) is 8.07. The highest BCUT2D eigenvalue weighted by molar-refractivity contribution is 6.05. The summed E-state index contributed by atoms with van der Waals surface area (Å²) in [5.74, 6) is -3.19. The number of ether oxygens (including phenoxy) is 2. The number of carbonyl (C=O) groups is 4. The standard InChI is InChI=1S/C40H49N3O7/c1-26-18-19-27(2)30(25-26)42-22-13-8-11-17-32(45)41(4)28(3)35(29-15-9-7-10-16-29)49-39(48)33-31-20-21-40(50-31)34(33)37(46)43(36(40)38(42)47)23-12-5-6-14-24-44/h7-10,13,15-16,18-21,25,28,31,33-36,44H,5-6,11-12,14,17,22-24H2,1-4H3/b13-8-/t28-,31+,33-,34-,35+,36+,40-/m1/s1. The molecule has 0 aromatic heterocycles. The monoisotopic (exact) mass is 683 g/mol. The molecule has 6 rings (SSSR count). The third-order valence-corrected chi connectivity index (χ3v) is 10.9. The van der Waals surface area contributed by atoms with Gasteiger partial charge in [0.2, 0.25) is 11.8 Å². The van der Waals surface area contributed by atoms with E-state index in [-0.39, 0.29) is 37.3 Å². The highest BCUT2D eigenvalue weighted by atomic mass is 16.6. The molecule has 2 fully saturated rings. The number of likely N-dealkylation sites (N-methyl/N-ethyl adjacent to an activating group) is 1. The SMILES string of the molecule is Cc1ccc(C)c(N2C/C=C\CCC(=O)N(C)[C@H](C)[C@@H](c3ccccc3)OC(=O)[C@@H]3[C@@H]4C=C[C@]5(O4)[C@H](C2=O)N(CCCCCCO)C(=O)[C@@H]35)c1. The van der Waals surface area contributed by atoms with Crippen molar-refractivity contribution in [3.63, 3.8) is 0 Å². The average Bonchev–Trinajstić information content (AvgIpc) is 3.76. The lowest BCUT2D eigenvalue weighted by Gasteiger charge is -2.36. The van der Waals surface area contributed by atoms with Gasteiger partial charge in [-0.1, -0.05) is 79.6 Å². The second-order valence-electron chi connectivity index (χ2n) is 14.1. The van der Waals surface area contributed by atoms with Crippen LogP contribution < -0.4 is 4.90 Å². The second kappa shape index (κ2) is 14.9. The Bertz CT molecular complexity index is 1660. The van der Waals surface area contributed by atoms with Gasteiger partial charge >= 0.3 is 5.97 Å². The lowest BCUT2D eigenvalue weighted by atomic mass is 9.74. The van der Waals surface area contributed by atoms with Gasteiger partial charge in [-0.3, -0.25) is 19.2 Å². The largest absolute Gasteiger partial charge is 0.455 e. The van der Waals surface area contributed by atoms with E-state index in [1.165, 1.54) is 0 Å². The Morgan fingerprint density at radius 2 is 1.70 bits per heavy atom. The second-order valence-corrected chi connectivity index (χ2v) is 14.1. The molecule has 4 aliphatic rings. The number of likely N-dealkylation sites (tertiary alicyclic amines) is 1. The Hall–Kier alpha value is -4.28. The molecule has 0 aliphatic carbocycles. The molecule has 2 saturated heterocycles. The van der Waals surface area contributed by atoms with Gasteiger partial charge in [-0.25, -0.2) is 0 Å². The van der Waals surface area contributed by atoms with Gasteiger partial charge in [-0.15, -0.1) is 0 Å². The Morgan fingerprint density at radius 3 is 2.46 bits per heavy atom. The zero-order valence-electron chi connectivity index (χ0n) is 29.5. The van der Waals surface area contributed by atoms with Crippen molar-refractivity contribution in [2.45, 2.75) is 89.2 Å². The number of aliphatic hydroxyl groups is 1. The maximum absolute atomic E-state index is 15.1. The number of allylic oxidation sites excluding steroid dienone is 1. The van der Waals surface area contributed by atoms with Crippen LogP contribution in [0.25, 0.3) is 0 Å². The van der Waals surface area contributed by atoms with E-state index in [1.54, 1.807) is 27.8 Å². The van der Waals surface area contributed by atoms with Crippen molar-refractivity contribution < 1.29 is 33.8 Å². The maximum Gasteiger partial charge on any atom is 0.313 e. The van der Waals surface area contributed by atoms with E-state index in [2.05, 4.69) is 0 Å². The molecule has 0 saturated carbocycles. The number of rotatable bonds is 8. The number of aryl methyl sites for hydroxylation is 2. The third kappa shape index (κ3) is 6.51. The molecular formula is C40H49N3O7. The lowest BCUT2D eigenvalue weighted by Crippen LogP contribution is -2.56. The van der Waals surface area contributed by atoms with Crippen molar-refractivity contribution in [1.82, 2.24) is 9.80 Å². The molecule has 3 amide bonds. The zero-order chi connectivity index (χ0) is 35.6. The van der Waals surface area contributed by atoms with Gasteiger partial charge in [-0.05, 0) is 62.8 Å². The average molecular weight is 684 g/mol. The molecule has 4 heterocycles. The van der Waals surface area contributed by atoms with Gasteiger partial charge in [0.1, 0.15) is 23.7 Å². The first-order chi connectivity index (χ1) is 24.1. The molecule has 50 heavy (non-hydrogen) atoms. The van der Waals surface area contributed by atoms with E-state index >= 15 is 4.79 Å². The van der Waals surface area contributed by atoms with Crippen LogP contribution in [0.15, 0.2) is 72.8 Å². The smallest absolute Gasteiger partial charge is 0.313 e. The van der Waals surface area contributed by atoms with Gasteiger partial charge in [-0.2, -0.15) is 0 Å². The molecule has 0 unspecified atom stereocenters. The summed E-state index contributed by atoms with van der Waals surface area (Å²) in [6.45, 7) is 6.44. The number of amides is 3. The first kappa shape index (κ1) is 35.5. The number of anilines is 1. The molecule has 1 N–H and O–H groups in total. The minimum Gasteiger partial charge on any atom is -0.455 e. The molecule has 1 spiro atoms. The summed E-state index contributed by atoms with van der Waals surface area (Å²) < 4.78 is 13.0. The van der Waals surface area contributed by atoms with Crippen molar-refractivity contribution >= 4 is 29.4 Å². The fourth-order valence-electron chi connectivity index (χ4n) is 8.07. The summed E-state index contributed by atoms with van der Waals surface area (Å²) in [6, 6.07) is 13.8. The zero-order valence-corrected chi connectivity index (χ0v) is 29.5. The number of unbranched alkanes of at least 4 members (excludes halogenated alkanes) is 3. The summed E-state index contributed by atoms with van der Waals surface area (Å²) in [6.07, 6.45) is 9.51. The number of benzene rings is 2. The summed E-state index contributed by atoms with van der Waals surface area (Å²) in [5.41, 5.74) is 2.02. The number of aliphatic hydroxyl groups excluding tert-OH is 1. The van der Waals surface area contributed by atoms with E-state index in [1.807, 2.05) is 87.5 Å². The van der Waals surface area contributed by atoms with Gasteiger partial charge in [0.15, 0.2) is 0 Å². The number of hydrogen-bond acceptors (Lipinski definition) is 7. The topological polar surface area (TPSA) is 117 Å². The number of carbonyl (C=O) groups excluding carboxylic acids is 4. The number of nitrogens with zero attached hydrogens (tertiary/aromatic N) is 3. The molecular weight excluding hydrogens is 634 g/mol. The maximum atomic E-state index is 15.1. The van der Waals surface area contributed by atoms with Gasteiger partial charge < -0.3 is 29.3 Å². The molecule has 10 heteroatoms. The number of hydrogen-bond donors (Lipinski definition) is 1. The molecule has 0 radical (unpaired) electrons. The molecule has 4 aliphatic heterocycles. The van der Waals surface area contributed by atoms with Crippen LogP contribution in [0.1, 0.15) is 68.2 Å². The number of cyclic esters (lactones) is 1. The van der Waals surface area contributed by atoms with Crippen LogP contribution in [0.4, 0.5) is 5.69 Å². The molecule has 266 valence electrons. The van der Waals surface area contributed by atoms with Crippen LogP contribution in [-0.4, -0.2) is 89.1 Å². The summed E-state index contributed by atoms with van der Waals surface area (Å²) in [5, 5.41) is 9.30. The van der Waals surface area contributed by atoms with E-state index in [4.69, 9.17) is 9.47 Å². The highest BCUT2D eigenvalue weighted by Gasteiger charge is 2.73. The highest BCUT2D eigenvalue weighted by Crippen LogP contribution is 2.56. The van der Waals surface area contributed by atoms with Gasteiger partial charge in [0, 0.05) is 38.9 Å². The van der Waals surface area contributed by atoms with Gasteiger partial charge in [0.25, 0.3) is 5.91 Å². The Balaban J connectivity index is 1.44. The minimum absolute atomic E-state index is 0.0973. The molecule has 7 atom stereocenters. The van der Waals surface area contributed by atoms with Crippen LogP contribution in [-0.2, 0) is 28.7 Å². The Kier molecular flexibility index (Phi) is 10.6. The molecule has 2 aromatic rings.